The molecule has 1 atom stereocenters. The molecule has 2 saturated heterocycles. The highest BCUT2D eigenvalue weighted by molar-refractivity contribution is 6.34. The maximum absolute atomic E-state index is 6.41. The number of nitrogens with zero attached hydrogens (tertiary/aromatic N) is 3. The van der Waals surface area contributed by atoms with Gasteiger partial charge in [-0.25, -0.2) is 4.98 Å². The van der Waals surface area contributed by atoms with Crippen LogP contribution in [0.1, 0.15) is 12.8 Å². The molecule has 0 N–H and O–H groups in total. The van der Waals surface area contributed by atoms with Gasteiger partial charge in [-0.2, -0.15) is 0 Å². The molecule has 2 aromatic rings. The number of hydrogen-bond donors (Lipinski definition) is 0. The SMILES string of the molecule is Clc1nc(N2CCCC(CN3CCOCC3)C2)cc2ccccc12. The zero-order valence-corrected chi connectivity index (χ0v) is 14.7. The highest BCUT2D eigenvalue weighted by Crippen LogP contribution is 2.29. The van der Waals surface area contributed by atoms with E-state index in [1.54, 1.807) is 0 Å². The maximum Gasteiger partial charge on any atom is 0.139 e. The minimum absolute atomic E-state index is 0.610. The quantitative estimate of drug-likeness (QED) is 0.797. The molecular formula is C19H24ClN3O. The third-order valence-corrected chi connectivity index (χ3v) is 5.43. The number of morpholine rings is 1. The highest BCUT2D eigenvalue weighted by Gasteiger charge is 2.24. The summed E-state index contributed by atoms with van der Waals surface area (Å²) in [6.07, 6.45) is 2.52. The number of benzene rings is 1. The Balaban J connectivity index is 1.49. The highest BCUT2D eigenvalue weighted by atomic mass is 35.5. The lowest BCUT2D eigenvalue weighted by molar-refractivity contribution is 0.0296. The summed E-state index contributed by atoms with van der Waals surface area (Å²) in [5.41, 5.74) is 0. The van der Waals surface area contributed by atoms with Crippen LogP contribution in [0, 0.1) is 5.92 Å². The van der Waals surface area contributed by atoms with E-state index >= 15 is 0 Å². The summed E-state index contributed by atoms with van der Waals surface area (Å²) < 4.78 is 5.46. The first-order valence-electron chi connectivity index (χ1n) is 8.90. The minimum Gasteiger partial charge on any atom is -0.379 e. The number of hydrogen-bond acceptors (Lipinski definition) is 4. The van der Waals surface area contributed by atoms with Crippen LogP contribution in [0.2, 0.25) is 5.15 Å². The van der Waals surface area contributed by atoms with Gasteiger partial charge in [0.15, 0.2) is 0 Å². The molecule has 1 aromatic carbocycles. The van der Waals surface area contributed by atoms with Crippen LogP contribution in [0.5, 0.6) is 0 Å². The van der Waals surface area contributed by atoms with Gasteiger partial charge in [0.05, 0.1) is 13.2 Å². The Morgan fingerprint density at radius 3 is 2.88 bits per heavy atom. The van der Waals surface area contributed by atoms with Crippen molar-refractivity contribution in [3.8, 4) is 0 Å². The number of ether oxygens (including phenoxy) is 1. The van der Waals surface area contributed by atoms with Crippen molar-refractivity contribution < 1.29 is 4.74 Å². The van der Waals surface area contributed by atoms with Gasteiger partial charge in [-0.05, 0) is 30.2 Å². The zero-order valence-electron chi connectivity index (χ0n) is 14.0. The molecule has 2 aliphatic heterocycles. The van der Waals surface area contributed by atoms with Crippen LogP contribution in [0.25, 0.3) is 10.8 Å². The third-order valence-electron chi connectivity index (χ3n) is 5.14. The predicted octanol–water partition coefficient (Wildman–Crippen LogP) is 3.44. The first-order valence-corrected chi connectivity index (χ1v) is 9.28. The largest absolute Gasteiger partial charge is 0.379 e. The molecule has 0 aliphatic carbocycles. The molecule has 1 aromatic heterocycles. The summed E-state index contributed by atoms with van der Waals surface area (Å²) in [4.78, 5) is 9.61. The van der Waals surface area contributed by atoms with Crippen molar-refractivity contribution >= 4 is 28.2 Å². The van der Waals surface area contributed by atoms with Gasteiger partial charge < -0.3 is 9.64 Å². The molecular weight excluding hydrogens is 322 g/mol. The van der Waals surface area contributed by atoms with Crippen molar-refractivity contribution in [3.05, 3.63) is 35.5 Å². The number of fused-ring (bicyclic) bond motifs is 1. The molecule has 1 unspecified atom stereocenters. The third kappa shape index (κ3) is 3.51. The molecule has 2 fully saturated rings. The molecule has 24 heavy (non-hydrogen) atoms. The summed E-state index contributed by atoms with van der Waals surface area (Å²) in [6, 6.07) is 10.4. The first kappa shape index (κ1) is 16.1. The Hall–Kier alpha value is -1.36. The lowest BCUT2D eigenvalue weighted by Crippen LogP contribution is -2.44. The van der Waals surface area contributed by atoms with Gasteiger partial charge in [0, 0.05) is 38.1 Å². The maximum atomic E-state index is 6.41. The van der Waals surface area contributed by atoms with Gasteiger partial charge in [-0.15, -0.1) is 0 Å². The lowest BCUT2D eigenvalue weighted by atomic mass is 9.97. The molecule has 128 valence electrons. The monoisotopic (exact) mass is 345 g/mol. The second kappa shape index (κ2) is 7.26. The van der Waals surface area contributed by atoms with Crippen LogP contribution in [0.4, 0.5) is 5.82 Å². The zero-order chi connectivity index (χ0) is 16.4. The average Bonchev–Trinajstić information content (AvgIpc) is 2.63. The van der Waals surface area contributed by atoms with Crippen molar-refractivity contribution in [2.45, 2.75) is 12.8 Å². The van der Waals surface area contributed by atoms with Crippen LogP contribution in [0.15, 0.2) is 30.3 Å². The number of halogens is 1. The van der Waals surface area contributed by atoms with E-state index in [1.807, 2.05) is 12.1 Å². The summed E-state index contributed by atoms with van der Waals surface area (Å²) in [7, 11) is 0. The molecule has 5 heteroatoms. The molecule has 0 saturated carbocycles. The van der Waals surface area contributed by atoms with Crippen molar-refractivity contribution in [2.24, 2.45) is 5.92 Å². The van der Waals surface area contributed by atoms with E-state index in [9.17, 15) is 0 Å². The summed E-state index contributed by atoms with van der Waals surface area (Å²) in [5, 5.41) is 2.81. The normalized spacial score (nSPS) is 22.9. The molecule has 0 bridgehead atoms. The predicted molar refractivity (Wildman–Crippen MR) is 98.9 cm³/mol. The minimum atomic E-state index is 0.610. The second-order valence-electron chi connectivity index (χ2n) is 6.86. The van der Waals surface area contributed by atoms with Gasteiger partial charge in [0.1, 0.15) is 11.0 Å². The van der Waals surface area contributed by atoms with E-state index in [0.717, 1.165) is 50.6 Å². The summed E-state index contributed by atoms with van der Waals surface area (Å²) in [6.45, 7) is 7.19. The number of piperidine rings is 1. The topological polar surface area (TPSA) is 28.6 Å². The van der Waals surface area contributed by atoms with Crippen LogP contribution in [-0.4, -0.2) is 55.8 Å². The molecule has 4 rings (SSSR count). The lowest BCUT2D eigenvalue weighted by Gasteiger charge is -2.37. The first-order chi connectivity index (χ1) is 11.8. The van der Waals surface area contributed by atoms with Crippen LogP contribution >= 0.6 is 11.6 Å². The van der Waals surface area contributed by atoms with E-state index in [-0.39, 0.29) is 0 Å². The number of aromatic nitrogens is 1. The van der Waals surface area contributed by atoms with Crippen LogP contribution in [-0.2, 0) is 4.74 Å². The average molecular weight is 346 g/mol. The Labute approximate surface area is 148 Å². The van der Waals surface area contributed by atoms with Gasteiger partial charge in [-0.3, -0.25) is 4.90 Å². The molecule has 0 radical (unpaired) electrons. The van der Waals surface area contributed by atoms with E-state index in [1.165, 1.54) is 24.8 Å². The van der Waals surface area contributed by atoms with Crippen LogP contribution < -0.4 is 4.90 Å². The van der Waals surface area contributed by atoms with E-state index in [4.69, 9.17) is 16.3 Å². The Bertz CT molecular complexity index is 702. The molecule has 0 amide bonds. The molecule has 4 nitrogen and oxygen atoms in total. The Morgan fingerprint density at radius 2 is 2.00 bits per heavy atom. The van der Waals surface area contributed by atoms with Gasteiger partial charge >= 0.3 is 0 Å². The number of pyridine rings is 1. The van der Waals surface area contributed by atoms with E-state index in [2.05, 4.69) is 33.0 Å². The number of anilines is 1. The molecule has 2 aliphatic rings. The summed E-state index contributed by atoms with van der Waals surface area (Å²) in [5.74, 6) is 1.72. The molecule has 0 spiro atoms. The summed E-state index contributed by atoms with van der Waals surface area (Å²) >= 11 is 6.41. The fourth-order valence-electron chi connectivity index (χ4n) is 3.88. The Morgan fingerprint density at radius 1 is 1.17 bits per heavy atom. The van der Waals surface area contributed by atoms with Gasteiger partial charge in [0.25, 0.3) is 0 Å². The van der Waals surface area contributed by atoms with Gasteiger partial charge in [0.2, 0.25) is 0 Å². The number of rotatable bonds is 3. The fourth-order valence-corrected chi connectivity index (χ4v) is 4.13. The molecule has 3 heterocycles. The fraction of sp³-hybridized carbons (Fsp3) is 0.526. The van der Waals surface area contributed by atoms with Crippen molar-refractivity contribution in [1.82, 2.24) is 9.88 Å². The van der Waals surface area contributed by atoms with Crippen molar-refractivity contribution in [1.29, 1.82) is 0 Å². The van der Waals surface area contributed by atoms with E-state index in [0.29, 0.717) is 11.1 Å². The van der Waals surface area contributed by atoms with E-state index < -0.39 is 0 Å². The van der Waals surface area contributed by atoms with Crippen molar-refractivity contribution in [3.63, 3.8) is 0 Å². The van der Waals surface area contributed by atoms with Crippen molar-refractivity contribution in [2.75, 3.05) is 50.8 Å². The van der Waals surface area contributed by atoms with Gasteiger partial charge in [-0.1, -0.05) is 35.9 Å². The smallest absolute Gasteiger partial charge is 0.139 e. The standard InChI is InChI=1S/C19H24ClN3O/c20-19-17-6-2-1-5-16(17)12-18(21-19)23-7-3-4-15(14-23)13-22-8-10-24-11-9-22/h1-2,5-6,12,15H,3-4,7-11,13-14H2. The van der Waals surface area contributed by atoms with Crippen LogP contribution in [0.3, 0.4) is 0 Å². The second-order valence-corrected chi connectivity index (χ2v) is 7.22. The Kier molecular flexibility index (Phi) is 4.88.